The second-order valence-electron chi connectivity index (χ2n) is 3.78. The fourth-order valence-corrected chi connectivity index (χ4v) is 1.57. The summed E-state index contributed by atoms with van der Waals surface area (Å²) in [4.78, 5) is 14.6. The number of carbonyl (C=O) groups is 1. The number of carboxylic acid groups (broad SMARTS) is 1. The van der Waals surface area contributed by atoms with Gasteiger partial charge >= 0.3 is 5.97 Å². The largest absolute Gasteiger partial charge is 0.481 e. The van der Waals surface area contributed by atoms with Crippen LogP contribution in [0, 0.1) is 0 Å². The van der Waals surface area contributed by atoms with E-state index >= 15 is 0 Å². The second kappa shape index (κ2) is 4.32. The van der Waals surface area contributed by atoms with Crippen LogP contribution in [0.2, 0.25) is 0 Å². The highest BCUT2D eigenvalue weighted by Gasteiger charge is 2.18. The van der Waals surface area contributed by atoms with Crippen molar-refractivity contribution < 1.29 is 9.90 Å². The van der Waals surface area contributed by atoms with Gasteiger partial charge in [0.05, 0.1) is 25.0 Å². The van der Waals surface area contributed by atoms with Crippen LogP contribution in [0.1, 0.15) is 19.4 Å². The number of imidazole rings is 1. The fraction of sp³-hybridized carbons (Fsp3) is 0.444. The topological polar surface area (TPSA) is 98.7 Å². The van der Waals surface area contributed by atoms with E-state index in [9.17, 15) is 4.79 Å². The SMILES string of the molecule is CC(CC(=O)O)n1nnnc1-c1cncn1C. The monoisotopic (exact) mass is 236 g/mol. The van der Waals surface area contributed by atoms with Crippen LogP contribution in [0.25, 0.3) is 11.5 Å². The van der Waals surface area contributed by atoms with Crippen molar-refractivity contribution >= 4 is 5.97 Å². The third-order valence-corrected chi connectivity index (χ3v) is 2.43. The number of nitrogens with zero attached hydrogens (tertiary/aromatic N) is 6. The number of hydrogen-bond donors (Lipinski definition) is 1. The van der Waals surface area contributed by atoms with Gasteiger partial charge in [-0.1, -0.05) is 0 Å². The Morgan fingerprint density at radius 3 is 2.94 bits per heavy atom. The van der Waals surface area contributed by atoms with Crippen LogP contribution < -0.4 is 0 Å². The van der Waals surface area contributed by atoms with Crippen molar-refractivity contribution in [1.29, 1.82) is 0 Å². The van der Waals surface area contributed by atoms with Gasteiger partial charge in [-0.2, -0.15) is 0 Å². The molecule has 2 heterocycles. The Kier molecular flexibility index (Phi) is 2.86. The van der Waals surface area contributed by atoms with Crippen molar-refractivity contribution in [3.63, 3.8) is 0 Å². The molecule has 8 heteroatoms. The van der Waals surface area contributed by atoms with Gasteiger partial charge in [0.2, 0.25) is 5.82 Å². The highest BCUT2D eigenvalue weighted by molar-refractivity contribution is 5.67. The van der Waals surface area contributed by atoms with Gasteiger partial charge in [-0.3, -0.25) is 4.79 Å². The van der Waals surface area contributed by atoms with E-state index in [4.69, 9.17) is 5.11 Å². The zero-order valence-electron chi connectivity index (χ0n) is 9.48. The van der Waals surface area contributed by atoms with E-state index in [1.807, 2.05) is 7.05 Å². The van der Waals surface area contributed by atoms with E-state index in [2.05, 4.69) is 20.5 Å². The Bertz CT molecular complexity index is 531. The summed E-state index contributed by atoms with van der Waals surface area (Å²) in [6.07, 6.45) is 3.24. The molecule has 0 saturated carbocycles. The molecule has 0 spiro atoms. The van der Waals surface area contributed by atoms with Crippen molar-refractivity contribution in [2.45, 2.75) is 19.4 Å². The van der Waals surface area contributed by atoms with Crippen LogP contribution in [0.15, 0.2) is 12.5 Å². The molecule has 0 amide bonds. The lowest BCUT2D eigenvalue weighted by atomic mass is 10.2. The molecule has 8 nitrogen and oxygen atoms in total. The summed E-state index contributed by atoms with van der Waals surface area (Å²) < 4.78 is 3.26. The summed E-state index contributed by atoms with van der Waals surface area (Å²) in [5, 5.41) is 20.0. The van der Waals surface area contributed by atoms with Crippen LogP contribution in [0.5, 0.6) is 0 Å². The predicted octanol–water partition coefficient (Wildman–Crippen LogP) is 0.109. The molecule has 0 fully saturated rings. The minimum absolute atomic E-state index is 0.0319. The number of tetrazole rings is 1. The average molecular weight is 236 g/mol. The van der Waals surface area contributed by atoms with Crippen molar-refractivity contribution in [3.8, 4) is 11.5 Å². The maximum Gasteiger partial charge on any atom is 0.305 e. The number of aryl methyl sites for hydroxylation is 1. The van der Waals surface area contributed by atoms with Crippen LogP contribution in [-0.4, -0.2) is 40.8 Å². The highest BCUT2D eigenvalue weighted by atomic mass is 16.4. The summed E-state index contributed by atoms with van der Waals surface area (Å²) in [5.41, 5.74) is 0.743. The normalized spacial score (nSPS) is 12.6. The first-order valence-electron chi connectivity index (χ1n) is 5.06. The first-order valence-corrected chi connectivity index (χ1v) is 5.06. The van der Waals surface area contributed by atoms with Gasteiger partial charge in [-0.05, 0) is 17.4 Å². The van der Waals surface area contributed by atoms with Crippen molar-refractivity contribution in [2.24, 2.45) is 7.05 Å². The quantitative estimate of drug-likeness (QED) is 0.808. The van der Waals surface area contributed by atoms with Crippen LogP contribution in [0.4, 0.5) is 0 Å². The standard InChI is InChI=1S/C9H12N6O2/c1-6(3-8(16)17)15-9(11-12-13-15)7-4-10-5-14(7)2/h4-6H,3H2,1-2H3,(H,16,17). The molecule has 1 atom stereocenters. The van der Waals surface area contributed by atoms with Gasteiger partial charge in [0.1, 0.15) is 5.69 Å². The number of hydrogen-bond acceptors (Lipinski definition) is 5. The molecule has 1 unspecified atom stereocenters. The zero-order chi connectivity index (χ0) is 12.4. The molecule has 0 saturated heterocycles. The van der Waals surface area contributed by atoms with Gasteiger partial charge in [0.15, 0.2) is 0 Å². The lowest BCUT2D eigenvalue weighted by Crippen LogP contribution is -2.14. The van der Waals surface area contributed by atoms with E-state index < -0.39 is 5.97 Å². The van der Waals surface area contributed by atoms with E-state index in [1.54, 1.807) is 24.0 Å². The molecule has 17 heavy (non-hydrogen) atoms. The van der Waals surface area contributed by atoms with Crippen molar-refractivity contribution in [1.82, 2.24) is 29.8 Å². The number of rotatable bonds is 4. The minimum Gasteiger partial charge on any atom is -0.481 e. The first kappa shape index (κ1) is 11.2. The zero-order valence-corrected chi connectivity index (χ0v) is 9.48. The van der Waals surface area contributed by atoms with Crippen LogP contribution in [0.3, 0.4) is 0 Å². The Balaban J connectivity index is 2.35. The molecule has 0 aromatic carbocycles. The molecule has 90 valence electrons. The summed E-state index contributed by atoms with van der Waals surface area (Å²) in [6.45, 7) is 1.75. The minimum atomic E-state index is -0.885. The molecule has 2 rings (SSSR count). The lowest BCUT2D eigenvalue weighted by molar-refractivity contribution is -0.137. The van der Waals surface area contributed by atoms with E-state index in [0.29, 0.717) is 5.82 Å². The molecule has 2 aromatic rings. The average Bonchev–Trinajstić information content (AvgIpc) is 2.83. The molecule has 0 radical (unpaired) electrons. The number of carboxylic acids is 1. The molecule has 0 bridgehead atoms. The van der Waals surface area contributed by atoms with Gasteiger partial charge in [0, 0.05) is 7.05 Å². The third kappa shape index (κ3) is 2.14. The van der Waals surface area contributed by atoms with Gasteiger partial charge < -0.3 is 9.67 Å². The Labute approximate surface area is 96.9 Å². The molecule has 0 aliphatic heterocycles. The Hall–Kier alpha value is -2.25. The Morgan fingerprint density at radius 1 is 1.59 bits per heavy atom. The summed E-state index contributed by atoms with van der Waals surface area (Å²) in [5.74, 6) is -0.372. The van der Waals surface area contributed by atoms with Crippen molar-refractivity contribution in [3.05, 3.63) is 12.5 Å². The molecule has 0 aliphatic carbocycles. The Morgan fingerprint density at radius 2 is 2.35 bits per heavy atom. The van der Waals surface area contributed by atoms with Crippen LogP contribution >= 0.6 is 0 Å². The maximum absolute atomic E-state index is 10.7. The number of aliphatic carboxylic acids is 1. The second-order valence-corrected chi connectivity index (χ2v) is 3.78. The predicted molar refractivity (Wildman–Crippen MR) is 57.0 cm³/mol. The fourth-order valence-electron chi connectivity index (χ4n) is 1.57. The van der Waals surface area contributed by atoms with E-state index in [0.717, 1.165) is 5.69 Å². The van der Waals surface area contributed by atoms with Gasteiger partial charge in [0.25, 0.3) is 0 Å². The lowest BCUT2D eigenvalue weighted by Gasteiger charge is -2.10. The maximum atomic E-state index is 10.7. The summed E-state index contributed by atoms with van der Waals surface area (Å²) >= 11 is 0. The highest BCUT2D eigenvalue weighted by Crippen LogP contribution is 2.19. The van der Waals surface area contributed by atoms with E-state index in [-0.39, 0.29) is 12.5 Å². The first-order chi connectivity index (χ1) is 8.09. The molecule has 2 aromatic heterocycles. The van der Waals surface area contributed by atoms with Crippen molar-refractivity contribution in [2.75, 3.05) is 0 Å². The molecular formula is C9H12N6O2. The molecule has 1 N–H and O–H groups in total. The molecule has 0 aliphatic rings. The van der Waals surface area contributed by atoms with Crippen LogP contribution in [-0.2, 0) is 11.8 Å². The number of aromatic nitrogens is 6. The third-order valence-electron chi connectivity index (χ3n) is 2.43. The molecular weight excluding hydrogens is 224 g/mol. The van der Waals surface area contributed by atoms with E-state index in [1.165, 1.54) is 4.68 Å². The van der Waals surface area contributed by atoms with Gasteiger partial charge in [-0.25, -0.2) is 9.67 Å². The smallest absolute Gasteiger partial charge is 0.305 e. The summed E-state index contributed by atoms with van der Waals surface area (Å²) in [6, 6.07) is -0.313. The van der Waals surface area contributed by atoms with Gasteiger partial charge in [-0.15, -0.1) is 5.10 Å². The summed E-state index contributed by atoms with van der Waals surface area (Å²) in [7, 11) is 1.82.